The van der Waals surface area contributed by atoms with Crippen LogP contribution in [0.5, 0.6) is 0 Å². The molecule has 0 aliphatic rings. The lowest BCUT2D eigenvalue weighted by Gasteiger charge is -2.15. The van der Waals surface area contributed by atoms with E-state index in [0.29, 0.717) is 23.4 Å². The first-order valence-electron chi connectivity index (χ1n) is 5.94. The molecule has 2 heterocycles. The van der Waals surface area contributed by atoms with E-state index in [2.05, 4.69) is 15.0 Å². The molecule has 110 valence electrons. The number of fused-ring (bicyclic) bond motifs is 1. The summed E-state index contributed by atoms with van der Waals surface area (Å²) in [5.41, 5.74) is 6.97. The lowest BCUT2D eigenvalue weighted by atomic mass is 10.2. The summed E-state index contributed by atoms with van der Waals surface area (Å²) in [6.07, 6.45) is 2.95. The van der Waals surface area contributed by atoms with Crippen molar-refractivity contribution in [2.24, 2.45) is 0 Å². The summed E-state index contributed by atoms with van der Waals surface area (Å²) < 4.78 is 17.4. The Balaban J connectivity index is 2.01. The fourth-order valence-electron chi connectivity index (χ4n) is 1.81. The number of hydrogen-bond acceptors (Lipinski definition) is 6. The predicted octanol–water partition coefficient (Wildman–Crippen LogP) is 0.511. The predicted molar refractivity (Wildman–Crippen MR) is 71.9 cm³/mol. The third-order valence-electron chi connectivity index (χ3n) is 2.81. The molecule has 0 radical (unpaired) electrons. The maximum atomic E-state index is 10.6. The second-order valence-corrected chi connectivity index (χ2v) is 6.01. The van der Waals surface area contributed by atoms with Crippen LogP contribution in [0.15, 0.2) is 12.7 Å². The molecule has 4 N–H and O–H groups in total. The van der Waals surface area contributed by atoms with Gasteiger partial charge in [-0.25, -0.2) is 15.0 Å². The van der Waals surface area contributed by atoms with E-state index in [-0.39, 0.29) is 12.6 Å². The Morgan fingerprint density at radius 2 is 2.20 bits per heavy atom. The minimum atomic E-state index is -4.11. The molecule has 0 aliphatic carbocycles. The minimum Gasteiger partial charge on any atom is -0.382 e. The Bertz CT molecular complexity index is 640. The molecular weight excluding hydrogens is 285 g/mol. The third-order valence-corrected chi connectivity index (χ3v) is 3.33. The summed E-state index contributed by atoms with van der Waals surface area (Å²) in [5, 5.41) is 0. The van der Waals surface area contributed by atoms with Gasteiger partial charge in [0, 0.05) is 12.6 Å². The first kappa shape index (κ1) is 14.9. The zero-order chi connectivity index (χ0) is 14.8. The van der Waals surface area contributed by atoms with Crippen LogP contribution in [0, 0.1) is 0 Å². The topological polar surface area (TPSA) is 136 Å². The number of anilines is 1. The molecule has 0 amide bonds. The SMILES string of the molecule is CC(CCOCP(=O)(O)O)n1cnc2ncnc(N)c21. The van der Waals surface area contributed by atoms with Crippen LogP contribution in [-0.4, -0.2) is 42.3 Å². The highest BCUT2D eigenvalue weighted by Crippen LogP contribution is 2.34. The number of aromatic nitrogens is 4. The summed E-state index contributed by atoms with van der Waals surface area (Å²) in [6, 6.07) is -0.00919. The lowest BCUT2D eigenvalue weighted by molar-refractivity contribution is 0.145. The van der Waals surface area contributed by atoms with Gasteiger partial charge in [0.15, 0.2) is 11.5 Å². The summed E-state index contributed by atoms with van der Waals surface area (Å²) in [6.45, 7) is 2.15. The molecule has 0 bridgehead atoms. The van der Waals surface area contributed by atoms with Crippen molar-refractivity contribution < 1.29 is 19.1 Å². The maximum absolute atomic E-state index is 10.6. The molecule has 0 fully saturated rings. The Hall–Kier alpha value is -1.54. The van der Waals surface area contributed by atoms with Gasteiger partial charge in [0.05, 0.1) is 6.33 Å². The molecule has 2 rings (SSSR count). The van der Waals surface area contributed by atoms with Crippen molar-refractivity contribution in [1.29, 1.82) is 0 Å². The van der Waals surface area contributed by atoms with Crippen LogP contribution < -0.4 is 5.73 Å². The first-order chi connectivity index (χ1) is 9.38. The van der Waals surface area contributed by atoms with E-state index < -0.39 is 13.9 Å². The van der Waals surface area contributed by atoms with Crippen molar-refractivity contribution in [2.75, 3.05) is 18.7 Å². The normalized spacial score (nSPS) is 13.8. The largest absolute Gasteiger partial charge is 0.382 e. The fraction of sp³-hybridized carbons (Fsp3) is 0.500. The smallest absolute Gasteiger partial charge is 0.350 e. The van der Waals surface area contributed by atoms with E-state index in [1.165, 1.54) is 6.33 Å². The summed E-state index contributed by atoms with van der Waals surface area (Å²) >= 11 is 0. The highest BCUT2D eigenvalue weighted by Gasteiger charge is 2.15. The molecule has 0 spiro atoms. The Morgan fingerprint density at radius 3 is 2.90 bits per heavy atom. The van der Waals surface area contributed by atoms with Gasteiger partial charge in [0.2, 0.25) is 0 Å². The molecule has 0 aliphatic heterocycles. The van der Waals surface area contributed by atoms with Gasteiger partial charge < -0.3 is 24.8 Å². The van der Waals surface area contributed by atoms with Crippen LogP contribution in [0.3, 0.4) is 0 Å². The maximum Gasteiger partial charge on any atom is 0.350 e. The van der Waals surface area contributed by atoms with Crippen LogP contribution >= 0.6 is 7.60 Å². The zero-order valence-corrected chi connectivity index (χ0v) is 11.8. The second-order valence-electron chi connectivity index (χ2n) is 4.42. The molecule has 2 aromatic heterocycles. The van der Waals surface area contributed by atoms with E-state index in [4.69, 9.17) is 20.3 Å². The molecule has 9 nitrogen and oxygen atoms in total. The van der Waals surface area contributed by atoms with E-state index in [1.807, 2.05) is 11.5 Å². The average molecular weight is 301 g/mol. The second kappa shape index (κ2) is 5.84. The molecule has 0 saturated carbocycles. The van der Waals surface area contributed by atoms with Crippen molar-refractivity contribution in [3.8, 4) is 0 Å². The van der Waals surface area contributed by atoms with Crippen molar-refractivity contribution >= 4 is 24.6 Å². The molecular formula is C10H16N5O4P. The van der Waals surface area contributed by atoms with Crippen LogP contribution in [0.1, 0.15) is 19.4 Å². The minimum absolute atomic E-state index is 0.00919. The highest BCUT2D eigenvalue weighted by molar-refractivity contribution is 7.51. The van der Waals surface area contributed by atoms with Crippen molar-refractivity contribution in [3.05, 3.63) is 12.7 Å². The summed E-state index contributed by atoms with van der Waals surface area (Å²) in [5.74, 6) is 0.343. The number of nitrogens with two attached hydrogens (primary N) is 1. The van der Waals surface area contributed by atoms with Gasteiger partial charge in [-0.2, -0.15) is 0 Å². The first-order valence-corrected chi connectivity index (χ1v) is 7.73. The summed E-state index contributed by atoms with van der Waals surface area (Å²) in [7, 11) is -4.11. The Kier molecular flexibility index (Phi) is 4.34. The van der Waals surface area contributed by atoms with E-state index in [9.17, 15) is 4.57 Å². The van der Waals surface area contributed by atoms with Gasteiger partial charge in [-0.05, 0) is 13.3 Å². The van der Waals surface area contributed by atoms with Crippen molar-refractivity contribution in [3.63, 3.8) is 0 Å². The van der Waals surface area contributed by atoms with E-state index >= 15 is 0 Å². The van der Waals surface area contributed by atoms with Gasteiger partial charge in [0.25, 0.3) is 0 Å². The quantitative estimate of drug-likeness (QED) is 0.518. The molecule has 2 aromatic rings. The molecule has 1 atom stereocenters. The van der Waals surface area contributed by atoms with Gasteiger partial charge >= 0.3 is 7.60 Å². The molecule has 10 heteroatoms. The summed E-state index contributed by atoms with van der Waals surface area (Å²) in [4.78, 5) is 29.4. The monoisotopic (exact) mass is 301 g/mol. The van der Waals surface area contributed by atoms with Gasteiger partial charge in [0.1, 0.15) is 18.2 Å². The molecule has 20 heavy (non-hydrogen) atoms. The van der Waals surface area contributed by atoms with Crippen LogP contribution in [0.25, 0.3) is 11.2 Å². The number of rotatable bonds is 6. The average Bonchev–Trinajstić information content (AvgIpc) is 2.78. The van der Waals surface area contributed by atoms with Gasteiger partial charge in [-0.3, -0.25) is 4.57 Å². The third kappa shape index (κ3) is 3.51. The number of imidazole rings is 1. The number of ether oxygens (including phenoxy) is 1. The highest BCUT2D eigenvalue weighted by atomic mass is 31.2. The molecule has 0 saturated heterocycles. The van der Waals surface area contributed by atoms with Crippen LogP contribution in [-0.2, 0) is 9.30 Å². The van der Waals surface area contributed by atoms with E-state index in [0.717, 1.165) is 0 Å². The molecule has 1 unspecified atom stereocenters. The zero-order valence-electron chi connectivity index (χ0n) is 10.9. The Morgan fingerprint density at radius 1 is 1.45 bits per heavy atom. The van der Waals surface area contributed by atoms with Gasteiger partial charge in [-0.15, -0.1) is 0 Å². The van der Waals surface area contributed by atoms with Crippen LogP contribution in [0.2, 0.25) is 0 Å². The van der Waals surface area contributed by atoms with Crippen LogP contribution in [0.4, 0.5) is 5.82 Å². The van der Waals surface area contributed by atoms with E-state index in [1.54, 1.807) is 6.33 Å². The number of hydrogen-bond donors (Lipinski definition) is 3. The lowest BCUT2D eigenvalue weighted by Crippen LogP contribution is -2.09. The van der Waals surface area contributed by atoms with Crippen molar-refractivity contribution in [2.45, 2.75) is 19.4 Å². The standard InChI is InChI=1S/C10H16N5O4P/c1-7(2-3-19-6-20(16,17)18)15-5-14-10-8(15)9(11)12-4-13-10/h4-5,7H,2-3,6H2,1H3,(H2,11,12,13)(H2,16,17,18). The van der Waals surface area contributed by atoms with Gasteiger partial charge in [-0.1, -0.05) is 0 Å². The molecule has 0 aromatic carbocycles. The number of nitrogens with zero attached hydrogens (tertiary/aromatic N) is 4. The fourth-order valence-corrected chi connectivity index (χ4v) is 2.18. The Labute approximate surface area is 115 Å². The van der Waals surface area contributed by atoms with Crippen molar-refractivity contribution in [1.82, 2.24) is 19.5 Å². The number of nitrogen functional groups attached to an aromatic ring is 1.